The second kappa shape index (κ2) is 8.50. The third-order valence-corrected chi connectivity index (χ3v) is 6.38. The van der Waals surface area contributed by atoms with Gasteiger partial charge in [0.05, 0.1) is 17.2 Å². The van der Waals surface area contributed by atoms with Gasteiger partial charge in [-0.15, -0.1) is 0 Å². The first-order chi connectivity index (χ1) is 16.3. The van der Waals surface area contributed by atoms with E-state index in [9.17, 15) is 14.7 Å². The van der Waals surface area contributed by atoms with Gasteiger partial charge in [-0.3, -0.25) is 9.20 Å². The molecule has 5 rings (SSSR count). The first-order valence-corrected chi connectivity index (χ1v) is 11.3. The number of aromatic nitrogens is 2. The highest BCUT2D eigenvalue weighted by atomic mass is 35.5. The van der Waals surface area contributed by atoms with E-state index in [0.29, 0.717) is 5.69 Å². The maximum atomic E-state index is 13.1. The number of fused-ring (bicyclic) bond motifs is 2. The Bertz CT molecular complexity index is 1470. The molecule has 1 aliphatic rings. The van der Waals surface area contributed by atoms with E-state index in [2.05, 4.69) is 27.3 Å². The number of hydrogen-bond acceptors (Lipinski definition) is 5. The molecular weight excluding hydrogens is 452 g/mol. The maximum absolute atomic E-state index is 13.1. The molecule has 172 valence electrons. The number of nitrogens with one attached hydrogen (secondary N) is 1. The third-order valence-electron chi connectivity index (χ3n) is 6.17. The second-order valence-corrected chi connectivity index (χ2v) is 8.99. The summed E-state index contributed by atoms with van der Waals surface area (Å²) < 4.78 is 1.65. The Balaban J connectivity index is 1.56. The van der Waals surface area contributed by atoms with Gasteiger partial charge in [-0.25, -0.2) is 9.78 Å². The number of rotatable bonds is 5. The number of halogens is 1. The number of carboxylic acid groups (broad SMARTS) is 1. The summed E-state index contributed by atoms with van der Waals surface area (Å²) in [6.45, 7) is 5.36. The van der Waals surface area contributed by atoms with Crippen molar-refractivity contribution in [3.63, 3.8) is 0 Å². The standard InChI is InChI=1S/C26H23ClN4O3/c1-15-9-20(16(2)28-21-7-8-23(27)29-25(21)26(33)34)22-10-19(11-24(32)31(22)12-15)30-13-17-5-3-4-6-18(17)14-30/h3-12,16,28H,13-14H2,1-2H3,(H,33,34)/t16-/m0/s1. The largest absolute Gasteiger partial charge is 0.476 e. The average Bonchev–Trinajstić information content (AvgIpc) is 3.24. The highest BCUT2D eigenvalue weighted by molar-refractivity contribution is 6.29. The van der Waals surface area contributed by atoms with Crippen molar-refractivity contribution >= 4 is 34.5 Å². The molecule has 0 saturated carbocycles. The van der Waals surface area contributed by atoms with Crippen molar-refractivity contribution in [2.45, 2.75) is 33.0 Å². The number of pyridine rings is 3. The van der Waals surface area contributed by atoms with E-state index in [1.165, 1.54) is 11.1 Å². The average molecular weight is 475 g/mol. The summed E-state index contributed by atoms with van der Waals surface area (Å²) in [6.07, 6.45) is 1.82. The first-order valence-electron chi connectivity index (χ1n) is 11.0. The molecule has 4 heterocycles. The van der Waals surface area contributed by atoms with Gasteiger partial charge in [0, 0.05) is 31.0 Å². The lowest BCUT2D eigenvalue weighted by Gasteiger charge is -2.22. The lowest BCUT2D eigenvalue weighted by molar-refractivity contribution is 0.0691. The Morgan fingerprint density at radius 2 is 1.82 bits per heavy atom. The second-order valence-electron chi connectivity index (χ2n) is 8.61. The Kier molecular flexibility index (Phi) is 5.49. The van der Waals surface area contributed by atoms with Crippen molar-refractivity contribution in [2.24, 2.45) is 0 Å². The van der Waals surface area contributed by atoms with E-state index in [-0.39, 0.29) is 22.4 Å². The highest BCUT2D eigenvalue weighted by Crippen LogP contribution is 2.31. The number of carboxylic acids is 1. The highest BCUT2D eigenvalue weighted by Gasteiger charge is 2.22. The number of carbonyl (C=O) groups is 1. The van der Waals surface area contributed by atoms with Crippen LogP contribution < -0.4 is 15.8 Å². The van der Waals surface area contributed by atoms with Crippen LogP contribution in [0.1, 0.15) is 45.7 Å². The van der Waals surface area contributed by atoms with E-state index in [1.54, 1.807) is 22.6 Å². The predicted molar refractivity (Wildman–Crippen MR) is 133 cm³/mol. The molecule has 2 N–H and O–H groups in total. The predicted octanol–water partition coefficient (Wildman–Crippen LogP) is 5.05. The van der Waals surface area contributed by atoms with Crippen LogP contribution in [0, 0.1) is 6.92 Å². The molecule has 0 unspecified atom stereocenters. The molecule has 0 amide bonds. The fourth-order valence-electron chi connectivity index (χ4n) is 4.55. The van der Waals surface area contributed by atoms with E-state index in [0.717, 1.165) is 35.4 Å². The summed E-state index contributed by atoms with van der Waals surface area (Å²) >= 11 is 5.90. The summed E-state index contributed by atoms with van der Waals surface area (Å²) in [4.78, 5) is 30.9. The normalized spacial score (nSPS) is 13.7. The number of nitrogens with zero attached hydrogens (tertiary/aromatic N) is 3. The van der Waals surface area contributed by atoms with Gasteiger partial charge in [-0.2, -0.15) is 0 Å². The van der Waals surface area contributed by atoms with Crippen LogP contribution in [0.15, 0.2) is 65.6 Å². The van der Waals surface area contributed by atoms with Crippen molar-refractivity contribution in [3.05, 3.63) is 104 Å². The Labute approximate surface area is 201 Å². The van der Waals surface area contributed by atoms with Crippen molar-refractivity contribution in [1.82, 2.24) is 9.38 Å². The molecule has 1 aliphatic heterocycles. The van der Waals surface area contributed by atoms with E-state index in [4.69, 9.17) is 11.6 Å². The number of anilines is 2. The molecule has 0 saturated heterocycles. The molecule has 3 aromatic heterocycles. The van der Waals surface area contributed by atoms with Gasteiger partial charge in [-0.05, 0) is 54.3 Å². The molecule has 1 aromatic carbocycles. The first kappa shape index (κ1) is 22.0. The number of hydrogen-bond donors (Lipinski definition) is 2. The smallest absolute Gasteiger partial charge is 0.356 e. The maximum Gasteiger partial charge on any atom is 0.356 e. The molecular formula is C26H23ClN4O3. The summed E-state index contributed by atoms with van der Waals surface area (Å²) in [7, 11) is 0. The minimum atomic E-state index is -1.17. The van der Waals surface area contributed by atoms with Gasteiger partial charge in [-0.1, -0.05) is 41.9 Å². The fraction of sp³-hybridized carbons (Fsp3) is 0.192. The number of aryl methyl sites for hydroxylation is 1. The van der Waals surface area contributed by atoms with Crippen LogP contribution in [0.3, 0.4) is 0 Å². The topological polar surface area (TPSA) is 86.9 Å². The SMILES string of the molecule is Cc1cc([C@H](C)Nc2ccc(Cl)nc2C(=O)O)c2cc(N3Cc4ccccc4C3)cc(=O)n2c1. The third kappa shape index (κ3) is 3.99. The molecule has 34 heavy (non-hydrogen) atoms. The zero-order valence-electron chi connectivity index (χ0n) is 18.7. The molecule has 0 aliphatic carbocycles. The molecule has 7 nitrogen and oxygen atoms in total. The van der Waals surface area contributed by atoms with Gasteiger partial charge < -0.3 is 15.3 Å². The van der Waals surface area contributed by atoms with Crippen molar-refractivity contribution in [2.75, 3.05) is 10.2 Å². The molecule has 0 fully saturated rings. The van der Waals surface area contributed by atoms with Gasteiger partial charge in [0.25, 0.3) is 5.56 Å². The lowest BCUT2D eigenvalue weighted by atomic mass is 10.0. The molecule has 1 atom stereocenters. The zero-order valence-corrected chi connectivity index (χ0v) is 19.5. The quantitative estimate of drug-likeness (QED) is 0.394. The van der Waals surface area contributed by atoms with Gasteiger partial charge in [0.2, 0.25) is 0 Å². The van der Waals surface area contributed by atoms with Crippen molar-refractivity contribution in [1.29, 1.82) is 0 Å². The molecule has 0 spiro atoms. The van der Waals surface area contributed by atoms with E-state index < -0.39 is 5.97 Å². The molecule has 8 heteroatoms. The zero-order chi connectivity index (χ0) is 24.0. The Morgan fingerprint density at radius 3 is 2.50 bits per heavy atom. The summed E-state index contributed by atoms with van der Waals surface area (Å²) in [5.41, 5.74) is 6.05. The molecule has 0 radical (unpaired) electrons. The number of aromatic carboxylic acids is 1. The fourth-order valence-corrected chi connectivity index (χ4v) is 4.70. The van der Waals surface area contributed by atoms with Crippen LogP contribution in [0.5, 0.6) is 0 Å². The summed E-state index contributed by atoms with van der Waals surface area (Å²) in [5.74, 6) is -1.17. The van der Waals surface area contributed by atoms with E-state index in [1.807, 2.05) is 44.3 Å². The monoisotopic (exact) mass is 474 g/mol. The van der Waals surface area contributed by atoms with Gasteiger partial charge >= 0.3 is 5.97 Å². The van der Waals surface area contributed by atoms with Crippen molar-refractivity contribution < 1.29 is 9.90 Å². The minimum absolute atomic E-state index is 0.111. The number of benzene rings is 1. The lowest BCUT2D eigenvalue weighted by Crippen LogP contribution is -2.21. The van der Waals surface area contributed by atoms with Gasteiger partial charge in [0.15, 0.2) is 5.69 Å². The van der Waals surface area contributed by atoms with Crippen LogP contribution in [-0.2, 0) is 13.1 Å². The minimum Gasteiger partial charge on any atom is -0.476 e. The summed E-state index contributed by atoms with van der Waals surface area (Å²) in [6, 6.07) is 16.8. The van der Waals surface area contributed by atoms with Crippen LogP contribution >= 0.6 is 11.6 Å². The van der Waals surface area contributed by atoms with Crippen LogP contribution in [0.2, 0.25) is 5.15 Å². The van der Waals surface area contributed by atoms with Gasteiger partial charge in [0.1, 0.15) is 5.15 Å². The van der Waals surface area contributed by atoms with Crippen LogP contribution in [0.4, 0.5) is 11.4 Å². The van der Waals surface area contributed by atoms with Crippen molar-refractivity contribution in [3.8, 4) is 0 Å². The molecule has 0 bridgehead atoms. The molecule has 4 aromatic rings. The Hall–Kier alpha value is -3.84. The Morgan fingerprint density at radius 1 is 1.12 bits per heavy atom. The summed E-state index contributed by atoms with van der Waals surface area (Å²) in [5, 5.41) is 12.9. The van der Waals surface area contributed by atoms with E-state index >= 15 is 0 Å². The van der Waals surface area contributed by atoms with Crippen LogP contribution in [-0.4, -0.2) is 20.5 Å². The van der Waals surface area contributed by atoms with Crippen LogP contribution in [0.25, 0.3) is 5.52 Å².